The van der Waals surface area contributed by atoms with E-state index in [-0.39, 0.29) is 0 Å². The third-order valence-corrected chi connectivity index (χ3v) is 3.10. The number of hydrogen-bond acceptors (Lipinski definition) is 3. The summed E-state index contributed by atoms with van der Waals surface area (Å²) in [7, 11) is 0. The maximum atomic E-state index is 5.41. The number of nitrogens with two attached hydrogens (primary N) is 1. The van der Waals surface area contributed by atoms with Crippen molar-refractivity contribution in [2.75, 3.05) is 13.1 Å². The lowest BCUT2D eigenvalue weighted by molar-refractivity contribution is 0.581. The molecule has 1 rings (SSSR count). The summed E-state index contributed by atoms with van der Waals surface area (Å²) in [5, 5.41) is 7.67. The van der Waals surface area contributed by atoms with E-state index in [0.29, 0.717) is 6.54 Å². The van der Waals surface area contributed by atoms with Gasteiger partial charge in [-0.15, -0.1) is 0 Å². The lowest BCUT2D eigenvalue weighted by atomic mass is 10.3. The lowest BCUT2D eigenvalue weighted by Gasteiger charge is -2.06. The molecule has 80 valence electrons. The maximum absolute atomic E-state index is 5.41. The minimum atomic E-state index is 0.664. The van der Waals surface area contributed by atoms with Crippen LogP contribution < -0.4 is 11.1 Å². The zero-order chi connectivity index (χ0) is 10.6. The van der Waals surface area contributed by atoms with Gasteiger partial charge in [-0.25, -0.2) is 0 Å². The Bertz CT molecular complexity index is 295. The van der Waals surface area contributed by atoms with Gasteiger partial charge < -0.3 is 11.1 Å². The highest BCUT2D eigenvalue weighted by Crippen LogP contribution is 2.20. The highest BCUT2D eigenvalue weighted by Gasteiger charge is 2.10. The van der Waals surface area contributed by atoms with E-state index < -0.39 is 0 Å². The summed E-state index contributed by atoms with van der Waals surface area (Å²) in [4.78, 5) is 0. The quantitative estimate of drug-likeness (QED) is 0.778. The van der Waals surface area contributed by atoms with E-state index in [4.69, 9.17) is 5.73 Å². The van der Waals surface area contributed by atoms with Crippen LogP contribution in [0.15, 0.2) is 4.47 Å². The van der Waals surface area contributed by atoms with Crippen LogP contribution >= 0.6 is 15.9 Å². The normalized spacial score (nSPS) is 10.9. The first kappa shape index (κ1) is 11.7. The largest absolute Gasteiger partial charge is 0.329 e. The number of halogens is 1. The van der Waals surface area contributed by atoms with Gasteiger partial charge in [0.15, 0.2) is 0 Å². The maximum Gasteiger partial charge on any atom is 0.0739 e. The fourth-order valence-electron chi connectivity index (χ4n) is 1.35. The molecular formula is C9H17BrN4. The molecule has 0 aliphatic rings. The molecule has 4 nitrogen and oxygen atoms in total. The molecule has 0 saturated heterocycles. The van der Waals surface area contributed by atoms with Gasteiger partial charge in [-0.05, 0) is 29.8 Å². The van der Waals surface area contributed by atoms with Gasteiger partial charge >= 0.3 is 0 Å². The zero-order valence-electron chi connectivity index (χ0n) is 8.68. The van der Waals surface area contributed by atoms with Crippen LogP contribution in [0.1, 0.15) is 18.3 Å². The molecule has 14 heavy (non-hydrogen) atoms. The predicted molar refractivity (Wildman–Crippen MR) is 61.1 cm³/mol. The smallest absolute Gasteiger partial charge is 0.0739 e. The van der Waals surface area contributed by atoms with Crippen molar-refractivity contribution in [3.63, 3.8) is 0 Å². The van der Waals surface area contributed by atoms with Crippen LogP contribution in [0.3, 0.4) is 0 Å². The van der Waals surface area contributed by atoms with Gasteiger partial charge in [0, 0.05) is 26.2 Å². The first-order valence-corrected chi connectivity index (χ1v) is 5.62. The summed E-state index contributed by atoms with van der Waals surface area (Å²) in [5.74, 6) is 0. The van der Waals surface area contributed by atoms with E-state index in [0.717, 1.165) is 29.8 Å². The highest BCUT2D eigenvalue weighted by molar-refractivity contribution is 9.10. The number of aryl methyl sites for hydroxylation is 2. The molecular weight excluding hydrogens is 244 g/mol. The minimum absolute atomic E-state index is 0.664. The predicted octanol–water partition coefficient (Wildman–Crippen LogP) is 1.02. The van der Waals surface area contributed by atoms with Crippen molar-refractivity contribution >= 4 is 15.9 Å². The fraction of sp³-hybridized carbons (Fsp3) is 0.667. The Labute approximate surface area is 93.0 Å². The standard InChI is InChI=1S/C9H17BrN4/c1-3-14-8(6-12-5-4-11)9(10)7(2)13-14/h12H,3-6,11H2,1-2H3. The first-order valence-electron chi connectivity index (χ1n) is 4.83. The third kappa shape index (κ3) is 2.56. The molecule has 0 atom stereocenters. The average Bonchev–Trinajstić information content (AvgIpc) is 2.45. The van der Waals surface area contributed by atoms with E-state index in [9.17, 15) is 0 Å². The Balaban J connectivity index is 2.72. The molecule has 3 N–H and O–H groups in total. The molecule has 0 unspecified atom stereocenters. The van der Waals surface area contributed by atoms with E-state index >= 15 is 0 Å². The van der Waals surface area contributed by atoms with Crippen molar-refractivity contribution in [2.24, 2.45) is 5.73 Å². The molecule has 0 aliphatic carbocycles. The highest BCUT2D eigenvalue weighted by atomic mass is 79.9. The zero-order valence-corrected chi connectivity index (χ0v) is 10.3. The topological polar surface area (TPSA) is 55.9 Å². The molecule has 0 radical (unpaired) electrons. The van der Waals surface area contributed by atoms with Crippen LogP contribution in [0.25, 0.3) is 0 Å². The summed E-state index contributed by atoms with van der Waals surface area (Å²) in [5.41, 5.74) is 7.64. The molecule has 0 aromatic carbocycles. The van der Waals surface area contributed by atoms with Gasteiger partial charge in [-0.3, -0.25) is 4.68 Å². The second-order valence-electron chi connectivity index (χ2n) is 3.13. The summed E-state index contributed by atoms with van der Waals surface area (Å²) in [6, 6.07) is 0. The van der Waals surface area contributed by atoms with Crippen molar-refractivity contribution < 1.29 is 0 Å². The Kier molecular flexibility index (Phi) is 4.57. The van der Waals surface area contributed by atoms with E-state index in [1.165, 1.54) is 5.69 Å². The van der Waals surface area contributed by atoms with Crippen LogP contribution in [-0.2, 0) is 13.1 Å². The number of nitrogens with one attached hydrogen (secondary N) is 1. The minimum Gasteiger partial charge on any atom is -0.329 e. The Morgan fingerprint density at radius 2 is 2.29 bits per heavy atom. The van der Waals surface area contributed by atoms with E-state index in [2.05, 4.69) is 33.3 Å². The van der Waals surface area contributed by atoms with Crippen LogP contribution in [0.2, 0.25) is 0 Å². The SMILES string of the molecule is CCn1nc(C)c(Br)c1CNCCN. The van der Waals surface area contributed by atoms with Gasteiger partial charge in [0.2, 0.25) is 0 Å². The second kappa shape index (κ2) is 5.48. The Morgan fingerprint density at radius 3 is 2.86 bits per heavy atom. The molecule has 0 spiro atoms. The molecule has 5 heteroatoms. The van der Waals surface area contributed by atoms with Crippen molar-refractivity contribution in [1.82, 2.24) is 15.1 Å². The lowest BCUT2D eigenvalue weighted by Crippen LogP contribution is -2.23. The number of aromatic nitrogens is 2. The summed E-state index contributed by atoms with van der Waals surface area (Å²) in [6.07, 6.45) is 0. The number of hydrogen-bond donors (Lipinski definition) is 2. The molecule has 0 fully saturated rings. The van der Waals surface area contributed by atoms with Crippen molar-refractivity contribution in [2.45, 2.75) is 26.9 Å². The van der Waals surface area contributed by atoms with Gasteiger partial charge in [0.25, 0.3) is 0 Å². The molecule has 0 amide bonds. The molecule has 1 aromatic rings. The molecule has 0 saturated carbocycles. The third-order valence-electron chi connectivity index (χ3n) is 2.07. The fourth-order valence-corrected chi connectivity index (χ4v) is 1.77. The van der Waals surface area contributed by atoms with Gasteiger partial charge in [-0.1, -0.05) is 0 Å². The number of rotatable bonds is 5. The van der Waals surface area contributed by atoms with Gasteiger partial charge in [-0.2, -0.15) is 5.10 Å². The van der Waals surface area contributed by atoms with Crippen molar-refractivity contribution in [3.05, 3.63) is 15.9 Å². The molecule has 0 bridgehead atoms. The van der Waals surface area contributed by atoms with Crippen LogP contribution in [0, 0.1) is 6.92 Å². The van der Waals surface area contributed by atoms with Crippen LogP contribution in [-0.4, -0.2) is 22.9 Å². The molecule has 0 aliphatic heterocycles. The first-order chi connectivity index (χ1) is 6.70. The summed E-state index contributed by atoms with van der Waals surface area (Å²) in [6.45, 7) is 7.30. The molecule has 1 aromatic heterocycles. The van der Waals surface area contributed by atoms with Gasteiger partial charge in [0.1, 0.15) is 0 Å². The van der Waals surface area contributed by atoms with Crippen LogP contribution in [0.5, 0.6) is 0 Å². The van der Waals surface area contributed by atoms with E-state index in [1.807, 2.05) is 11.6 Å². The number of nitrogens with zero attached hydrogens (tertiary/aromatic N) is 2. The van der Waals surface area contributed by atoms with Crippen molar-refractivity contribution in [3.8, 4) is 0 Å². The average molecular weight is 261 g/mol. The monoisotopic (exact) mass is 260 g/mol. The van der Waals surface area contributed by atoms with Crippen molar-refractivity contribution in [1.29, 1.82) is 0 Å². The Hall–Kier alpha value is -0.390. The molecule has 1 heterocycles. The second-order valence-corrected chi connectivity index (χ2v) is 3.92. The summed E-state index contributed by atoms with van der Waals surface area (Å²) >= 11 is 3.54. The van der Waals surface area contributed by atoms with Gasteiger partial charge in [0.05, 0.1) is 15.9 Å². The van der Waals surface area contributed by atoms with Crippen LogP contribution in [0.4, 0.5) is 0 Å². The van der Waals surface area contributed by atoms with E-state index in [1.54, 1.807) is 0 Å². The Morgan fingerprint density at radius 1 is 1.57 bits per heavy atom. The summed E-state index contributed by atoms with van der Waals surface area (Å²) < 4.78 is 3.10.